The highest BCUT2D eigenvalue weighted by Crippen LogP contribution is 2.34. The maximum absolute atomic E-state index is 13.1. The number of hydrogen-bond donors (Lipinski definition) is 2. The summed E-state index contributed by atoms with van der Waals surface area (Å²) in [7, 11) is 0. The van der Waals surface area contributed by atoms with Gasteiger partial charge in [-0.05, 0) is 37.3 Å². The fourth-order valence-corrected chi connectivity index (χ4v) is 4.57. The third-order valence-electron chi connectivity index (χ3n) is 5.68. The van der Waals surface area contributed by atoms with E-state index in [1.54, 1.807) is 17.8 Å². The Morgan fingerprint density at radius 2 is 2.13 bits per heavy atom. The van der Waals surface area contributed by atoms with Crippen molar-refractivity contribution in [3.8, 4) is 0 Å². The predicted octanol–water partition coefficient (Wildman–Crippen LogP) is 3.33. The fraction of sp³-hybridized carbons (Fsp3) is 0.391. The minimum absolute atomic E-state index is 0.257. The van der Waals surface area contributed by atoms with Gasteiger partial charge in [-0.3, -0.25) is 9.69 Å². The monoisotopic (exact) mass is 441 g/mol. The minimum Gasteiger partial charge on any atom is -0.455 e. The van der Waals surface area contributed by atoms with E-state index in [4.69, 9.17) is 8.94 Å². The van der Waals surface area contributed by atoms with Crippen molar-refractivity contribution in [1.82, 2.24) is 15.4 Å². The first-order valence-electron chi connectivity index (χ1n) is 10.3. The van der Waals surface area contributed by atoms with Crippen LogP contribution < -0.4 is 5.32 Å². The van der Waals surface area contributed by atoms with E-state index < -0.39 is 11.6 Å². The molecule has 7 nitrogen and oxygen atoms in total. The van der Waals surface area contributed by atoms with Crippen LogP contribution in [0.3, 0.4) is 0 Å². The molecule has 0 unspecified atom stereocenters. The molecular weight excluding hydrogens is 414 g/mol. The molecule has 1 saturated heterocycles. The summed E-state index contributed by atoms with van der Waals surface area (Å²) in [6.45, 7) is 3.53. The van der Waals surface area contributed by atoms with Gasteiger partial charge < -0.3 is 19.4 Å². The lowest BCUT2D eigenvalue weighted by Gasteiger charge is -2.46. The van der Waals surface area contributed by atoms with E-state index >= 15 is 0 Å². The summed E-state index contributed by atoms with van der Waals surface area (Å²) in [6, 6.07) is 15.1. The first-order chi connectivity index (χ1) is 15.0. The quantitative estimate of drug-likeness (QED) is 0.581. The number of aryl methyl sites for hydroxylation is 1. The number of carbonyl (C=O) groups excluding carboxylic acids is 1. The van der Waals surface area contributed by atoms with E-state index in [2.05, 4.69) is 15.4 Å². The zero-order valence-corrected chi connectivity index (χ0v) is 18.5. The zero-order chi connectivity index (χ0) is 21.8. The molecule has 3 aromatic rings. The number of thioether (sulfide) groups is 1. The number of β-amino-alcohol motifs (C(OH)–C–C–N with tert-alkyl or cyclic N) is 1. The van der Waals surface area contributed by atoms with Crippen molar-refractivity contribution in [3.63, 3.8) is 0 Å². The van der Waals surface area contributed by atoms with Gasteiger partial charge in [0.25, 0.3) is 5.91 Å². The Bertz CT molecular complexity index is 1020. The molecule has 0 bridgehead atoms. The number of nitrogens with one attached hydrogen (secondary N) is 1. The lowest BCUT2D eigenvalue weighted by Crippen LogP contribution is -2.61. The molecule has 8 heteroatoms. The number of amides is 1. The second-order valence-electron chi connectivity index (χ2n) is 7.92. The first-order valence-corrected chi connectivity index (χ1v) is 11.7. The number of rotatable bonds is 7. The highest BCUT2D eigenvalue weighted by atomic mass is 32.2. The van der Waals surface area contributed by atoms with Crippen LogP contribution in [0.5, 0.6) is 0 Å². The average molecular weight is 442 g/mol. The van der Waals surface area contributed by atoms with Crippen LogP contribution in [0.15, 0.2) is 57.5 Å². The van der Waals surface area contributed by atoms with Crippen LogP contribution in [0.2, 0.25) is 0 Å². The summed E-state index contributed by atoms with van der Waals surface area (Å²) in [4.78, 5) is 15.2. The smallest absolute Gasteiger partial charge is 0.287 e. The van der Waals surface area contributed by atoms with E-state index in [0.29, 0.717) is 31.8 Å². The molecule has 1 amide bonds. The lowest BCUT2D eigenvalue weighted by atomic mass is 9.78. The number of benzene rings is 1. The average Bonchev–Trinajstić information content (AvgIpc) is 3.40. The number of likely N-dealkylation sites (tertiary alicyclic amines) is 1. The highest BCUT2D eigenvalue weighted by molar-refractivity contribution is 7.97. The van der Waals surface area contributed by atoms with Gasteiger partial charge >= 0.3 is 0 Å². The topological polar surface area (TPSA) is 91.7 Å². The molecule has 2 aromatic heterocycles. The molecule has 164 valence electrons. The van der Waals surface area contributed by atoms with Gasteiger partial charge in [0.2, 0.25) is 0 Å². The molecule has 0 saturated carbocycles. The summed E-state index contributed by atoms with van der Waals surface area (Å²) in [5.74, 6) is 2.15. The van der Waals surface area contributed by atoms with Gasteiger partial charge in [-0.15, -0.1) is 0 Å². The van der Waals surface area contributed by atoms with Crippen molar-refractivity contribution in [1.29, 1.82) is 0 Å². The molecule has 1 fully saturated rings. The van der Waals surface area contributed by atoms with Crippen LogP contribution in [0.4, 0.5) is 0 Å². The van der Waals surface area contributed by atoms with E-state index in [1.165, 1.54) is 0 Å². The number of aliphatic hydroxyl groups excluding tert-OH is 1. The molecular formula is C23H27N3O4S. The van der Waals surface area contributed by atoms with Gasteiger partial charge in [0.15, 0.2) is 5.76 Å². The van der Waals surface area contributed by atoms with Crippen molar-refractivity contribution in [2.45, 2.75) is 37.3 Å². The summed E-state index contributed by atoms with van der Waals surface area (Å²) in [5, 5.41) is 18.4. The fourth-order valence-electron chi connectivity index (χ4n) is 4.13. The highest BCUT2D eigenvalue weighted by Gasteiger charge is 2.45. The maximum atomic E-state index is 13.1. The van der Waals surface area contributed by atoms with Crippen molar-refractivity contribution < 1.29 is 18.8 Å². The van der Waals surface area contributed by atoms with Crippen LogP contribution >= 0.6 is 11.8 Å². The molecule has 31 heavy (non-hydrogen) atoms. The van der Waals surface area contributed by atoms with Crippen LogP contribution in [-0.4, -0.2) is 46.5 Å². The van der Waals surface area contributed by atoms with Gasteiger partial charge in [-0.25, -0.2) is 0 Å². The zero-order valence-electron chi connectivity index (χ0n) is 17.7. The summed E-state index contributed by atoms with van der Waals surface area (Å²) >= 11 is 1.63. The van der Waals surface area contributed by atoms with E-state index in [0.717, 1.165) is 22.8 Å². The lowest BCUT2D eigenvalue weighted by molar-refractivity contribution is -0.0190. The second-order valence-corrected chi connectivity index (χ2v) is 8.79. The normalized spacial score (nSPS) is 21.8. The Balaban J connectivity index is 1.55. The van der Waals surface area contributed by atoms with Crippen molar-refractivity contribution in [3.05, 3.63) is 77.1 Å². The van der Waals surface area contributed by atoms with Crippen LogP contribution in [0.1, 0.15) is 39.8 Å². The Labute approximate surface area is 185 Å². The van der Waals surface area contributed by atoms with Crippen molar-refractivity contribution >= 4 is 17.7 Å². The van der Waals surface area contributed by atoms with Crippen LogP contribution in [0, 0.1) is 6.92 Å². The van der Waals surface area contributed by atoms with Crippen molar-refractivity contribution in [2.24, 2.45) is 0 Å². The molecule has 2 atom stereocenters. The number of aliphatic hydroxyl groups is 1. The third-order valence-corrected chi connectivity index (χ3v) is 6.26. The minimum atomic E-state index is -0.902. The standard InChI is InChI=1S/C23H27N3O4S/c1-16-12-18(25-30-16)13-26-11-10-23(21(27)14-26,17-6-4-3-5-7-17)24-22(28)20-9-8-19(29-20)15-31-2/h3-9,12,21,27H,10-11,13-15H2,1-2H3,(H,24,28)/t21-,23+/m1/s1. The van der Waals surface area contributed by atoms with Crippen LogP contribution in [-0.2, 0) is 17.8 Å². The Morgan fingerprint density at radius 3 is 2.81 bits per heavy atom. The molecule has 0 spiro atoms. The largest absolute Gasteiger partial charge is 0.455 e. The number of carbonyl (C=O) groups is 1. The van der Waals surface area contributed by atoms with Crippen molar-refractivity contribution in [2.75, 3.05) is 19.3 Å². The van der Waals surface area contributed by atoms with Gasteiger partial charge in [0.05, 0.1) is 23.1 Å². The second kappa shape index (κ2) is 9.30. The predicted molar refractivity (Wildman–Crippen MR) is 119 cm³/mol. The van der Waals surface area contributed by atoms with Crippen LogP contribution in [0.25, 0.3) is 0 Å². The molecule has 1 aromatic carbocycles. The third kappa shape index (κ3) is 4.71. The Kier molecular flexibility index (Phi) is 6.50. The molecule has 0 aliphatic carbocycles. The summed E-state index contributed by atoms with van der Waals surface area (Å²) in [6.07, 6.45) is 1.73. The summed E-state index contributed by atoms with van der Waals surface area (Å²) in [5.41, 5.74) is 0.808. The number of nitrogens with zero attached hydrogens (tertiary/aromatic N) is 2. The van der Waals surface area contributed by atoms with Gasteiger partial charge in [0, 0.05) is 25.7 Å². The van der Waals surface area contributed by atoms with Gasteiger partial charge in [0.1, 0.15) is 11.5 Å². The summed E-state index contributed by atoms with van der Waals surface area (Å²) < 4.78 is 10.9. The molecule has 3 heterocycles. The van der Waals surface area contributed by atoms with E-state index in [9.17, 15) is 9.90 Å². The van der Waals surface area contributed by atoms with E-state index in [1.807, 2.05) is 55.6 Å². The molecule has 1 aliphatic rings. The molecule has 1 aliphatic heterocycles. The molecule has 4 rings (SSSR count). The Hall–Kier alpha value is -2.55. The maximum Gasteiger partial charge on any atom is 0.287 e. The number of hydrogen-bond acceptors (Lipinski definition) is 7. The van der Waals surface area contributed by atoms with E-state index in [-0.39, 0.29) is 11.7 Å². The van der Waals surface area contributed by atoms with Gasteiger partial charge in [-0.1, -0.05) is 35.5 Å². The van der Waals surface area contributed by atoms with Gasteiger partial charge in [-0.2, -0.15) is 11.8 Å². The number of aromatic nitrogens is 1. The SMILES string of the molecule is CSCc1ccc(C(=O)N[C@]2(c3ccccc3)CCN(Cc3cc(C)on3)C[C@H]2O)o1. The molecule has 0 radical (unpaired) electrons. The Morgan fingerprint density at radius 1 is 1.32 bits per heavy atom. The first kappa shape index (κ1) is 21.7. The molecule has 2 N–H and O–H groups in total. The number of piperidine rings is 1. The number of furan rings is 1.